The molecule has 4 nitrogen and oxygen atoms in total. The van der Waals surface area contributed by atoms with Crippen molar-refractivity contribution >= 4 is 5.97 Å². The smallest absolute Gasteiger partial charge is 0.303 e. The molecule has 1 fully saturated rings. The van der Waals surface area contributed by atoms with Gasteiger partial charge in [-0.3, -0.25) is 9.69 Å². The summed E-state index contributed by atoms with van der Waals surface area (Å²) in [5, 5.41) is 8.86. The first-order valence-corrected chi connectivity index (χ1v) is 7.28. The summed E-state index contributed by atoms with van der Waals surface area (Å²) in [6, 6.07) is 8.52. The number of ether oxygens (including phenoxy) is 1. The zero-order valence-electron chi connectivity index (χ0n) is 12.2. The lowest BCUT2D eigenvalue weighted by molar-refractivity contribution is -0.138. The van der Waals surface area contributed by atoms with Gasteiger partial charge >= 0.3 is 5.97 Å². The first kappa shape index (κ1) is 14.9. The molecule has 20 heavy (non-hydrogen) atoms. The third kappa shape index (κ3) is 3.73. The van der Waals surface area contributed by atoms with E-state index in [0.29, 0.717) is 12.6 Å². The summed E-state index contributed by atoms with van der Waals surface area (Å²) in [6.45, 7) is 6.69. The molecule has 0 saturated carbocycles. The van der Waals surface area contributed by atoms with Crippen LogP contribution >= 0.6 is 0 Å². The number of carboxylic acids is 1. The molecule has 2 atom stereocenters. The molecule has 1 heterocycles. The quantitative estimate of drug-likeness (QED) is 0.868. The number of rotatable bonds is 6. The highest BCUT2D eigenvalue weighted by atomic mass is 16.5. The lowest BCUT2D eigenvalue weighted by atomic mass is 10.0. The minimum absolute atomic E-state index is 0.284. The summed E-state index contributed by atoms with van der Waals surface area (Å²) in [4.78, 5) is 13.1. The van der Waals surface area contributed by atoms with E-state index in [1.165, 1.54) is 5.56 Å². The Kier molecular flexibility index (Phi) is 5.01. The lowest BCUT2D eigenvalue weighted by Crippen LogP contribution is -2.25. The Morgan fingerprint density at radius 1 is 1.45 bits per heavy atom. The summed E-state index contributed by atoms with van der Waals surface area (Å²) < 4.78 is 5.45. The van der Waals surface area contributed by atoms with Crippen LogP contribution in [0.4, 0.5) is 0 Å². The maximum Gasteiger partial charge on any atom is 0.303 e. The molecule has 1 N–H and O–H groups in total. The van der Waals surface area contributed by atoms with Crippen LogP contribution in [0.1, 0.15) is 38.3 Å². The van der Waals surface area contributed by atoms with Gasteiger partial charge in [0.2, 0.25) is 0 Å². The van der Waals surface area contributed by atoms with Crippen molar-refractivity contribution in [3.05, 3.63) is 29.8 Å². The summed E-state index contributed by atoms with van der Waals surface area (Å²) >= 11 is 0. The molecular formula is C16H23NO3. The van der Waals surface area contributed by atoms with Crippen LogP contribution in [0.25, 0.3) is 0 Å². The average molecular weight is 277 g/mol. The molecule has 0 spiro atoms. The number of hydrogen-bond acceptors (Lipinski definition) is 3. The van der Waals surface area contributed by atoms with Gasteiger partial charge in [0.1, 0.15) is 5.75 Å². The van der Waals surface area contributed by atoms with Crippen molar-refractivity contribution in [1.82, 2.24) is 4.90 Å². The fraction of sp³-hybridized carbons (Fsp3) is 0.562. The molecule has 110 valence electrons. The molecule has 1 saturated heterocycles. The van der Waals surface area contributed by atoms with E-state index in [1.807, 2.05) is 19.1 Å². The van der Waals surface area contributed by atoms with E-state index in [2.05, 4.69) is 24.0 Å². The Morgan fingerprint density at radius 3 is 2.75 bits per heavy atom. The second-order valence-corrected chi connectivity index (χ2v) is 5.43. The summed E-state index contributed by atoms with van der Waals surface area (Å²) in [5.41, 5.74) is 1.25. The highest BCUT2D eigenvalue weighted by Crippen LogP contribution is 2.29. The second kappa shape index (κ2) is 6.75. The maximum atomic E-state index is 10.8. The fourth-order valence-corrected chi connectivity index (χ4v) is 2.85. The van der Waals surface area contributed by atoms with Crippen molar-refractivity contribution in [2.24, 2.45) is 5.92 Å². The van der Waals surface area contributed by atoms with Crippen LogP contribution in [0, 0.1) is 5.92 Å². The number of carboxylic acid groups (broad SMARTS) is 1. The molecule has 4 heteroatoms. The van der Waals surface area contributed by atoms with Crippen molar-refractivity contribution in [2.45, 2.75) is 32.7 Å². The minimum atomic E-state index is -0.689. The van der Waals surface area contributed by atoms with Crippen LogP contribution in [0.3, 0.4) is 0 Å². The van der Waals surface area contributed by atoms with E-state index >= 15 is 0 Å². The fourth-order valence-electron chi connectivity index (χ4n) is 2.85. The Hall–Kier alpha value is -1.55. The van der Waals surface area contributed by atoms with Crippen molar-refractivity contribution in [3.8, 4) is 5.75 Å². The van der Waals surface area contributed by atoms with Crippen molar-refractivity contribution in [3.63, 3.8) is 0 Å². The van der Waals surface area contributed by atoms with E-state index in [4.69, 9.17) is 9.84 Å². The Balaban J connectivity index is 1.94. The van der Waals surface area contributed by atoms with Crippen LogP contribution in [-0.4, -0.2) is 35.7 Å². The first-order valence-electron chi connectivity index (χ1n) is 7.28. The molecule has 2 rings (SSSR count). The van der Waals surface area contributed by atoms with Gasteiger partial charge in [-0.05, 0) is 50.4 Å². The van der Waals surface area contributed by atoms with E-state index in [1.54, 1.807) is 0 Å². The highest BCUT2D eigenvalue weighted by molar-refractivity contribution is 5.67. The largest absolute Gasteiger partial charge is 0.494 e. The predicted molar refractivity (Wildman–Crippen MR) is 78.0 cm³/mol. The summed E-state index contributed by atoms with van der Waals surface area (Å²) in [7, 11) is 0. The third-order valence-corrected chi connectivity index (χ3v) is 4.00. The van der Waals surface area contributed by atoms with Crippen LogP contribution in [0.15, 0.2) is 24.3 Å². The molecule has 2 unspecified atom stereocenters. The van der Waals surface area contributed by atoms with Crippen LogP contribution in [0.2, 0.25) is 0 Å². The molecular weight excluding hydrogens is 254 g/mol. The molecule has 1 aliphatic rings. The molecule has 0 amide bonds. The molecule has 0 aromatic heterocycles. The van der Waals surface area contributed by atoms with Crippen molar-refractivity contribution in [1.29, 1.82) is 0 Å². The van der Waals surface area contributed by atoms with Gasteiger partial charge in [-0.1, -0.05) is 12.1 Å². The van der Waals surface area contributed by atoms with Crippen molar-refractivity contribution < 1.29 is 14.6 Å². The van der Waals surface area contributed by atoms with Crippen LogP contribution in [0.5, 0.6) is 5.75 Å². The molecule has 1 aromatic carbocycles. The second-order valence-electron chi connectivity index (χ2n) is 5.43. The van der Waals surface area contributed by atoms with E-state index in [-0.39, 0.29) is 12.3 Å². The van der Waals surface area contributed by atoms with E-state index < -0.39 is 5.97 Å². The number of nitrogens with zero attached hydrogens (tertiary/aromatic N) is 1. The monoisotopic (exact) mass is 277 g/mol. The number of hydrogen-bond donors (Lipinski definition) is 1. The summed E-state index contributed by atoms with van der Waals surface area (Å²) in [5.74, 6) is 0.497. The predicted octanol–water partition coefficient (Wildman–Crippen LogP) is 2.94. The lowest BCUT2D eigenvalue weighted by Gasteiger charge is -2.24. The number of aliphatic carboxylic acids is 1. The zero-order chi connectivity index (χ0) is 14.5. The molecule has 0 radical (unpaired) electrons. The van der Waals surface area contributed by atoms with E-state index in [0.717, 1.165) is 25.3 Å². The molecule has 0 aliphatic carbocycles. The van der Waals surface area contributed by atoms with Crippen LogP contribution < -0.4 is 4.74 Å². The Morgan fingerprint density at radius 2 is 2.15 bits per heavy atom. The minimum Gasteiger partial charge on any atom is -0.494 e. The molecule has 1 aromatic rings. The zero-order valence-corrected chi connectivity index (χ0v) is 12.2. The average Bonchev–Trinajstić information content (AvgIpc) is 2.87. The third-order valence-electron chi connectivity index (χ3n) is 4.00. The van der Waals surface area contributed by atoms with Gasteiger partial charge in [-0.15, -0.1) is 0 Å². The van der Waals surface area contributed by atoms with Gasteiger partial charge in [0, 0.05) is 19.0 Å². The standard InChI is InChI=1S/C16H23NO3/c1-3-20-15-6-4-14(5-7-15)12(2)17-9-8-13(11-17)10-16(18)19/h4-7,12-13H,3,8-11H2,1-2H3,(H,18,19). The Labute approximate surface area is 120 Å². The topological polar surface area (TPSA) is 49.8 Å². The summed E-state index contributed by atoms with van der Waals surface area (Å²) in [6.07, 6.45) is 1.26. The van der Waals surface area contributed by atoms with Gasteiger partial charge in [0.15, 0.2) is 0 Å². The SMILES string of the molecule is CCOc1ccc(C(C)N2CCC(CC(=O)O)C2)cc1. The maximum absolute atomic E-state index is 10.8. The van der Waals surface area contributed by atoms with Crippen molar-refractivity contribution in [2.75, 3.05) is 19.7 Å². The van der Waals surface area contributed by atoms with Gasteiger partial charge < -0.3 is 9.84 Å². The number of likely N-dealkylation sites (tertiary alicyclic amines) is 1. The van der Waals surface area contributed by atoms with Gasteiger partial charge in [-0.2, -0.15) is 0 Å². The number of benzene rings is 1. The molecule has 1 aliphatic heterocycles. The van der Waals surface area contributed by atoms with E-state index in [9.17, 15) is 4.79 Å². The van der Waals surface area contributed by atoms with Crippen LogP contribution in [-0.2, 0) is 4.79 Å². The van der Waals surface area contributed by atoms with Gasteiger partial charge in [-0.25, -0.2) is 0 Å². The molecule has 0 bridgehead atoms. The van der Waals surface area contributed by atoms with Gasteiger partial charge in [0.25, 0.3) is 0 Å². The van der Waals surface area contributed by atoms with Gasteiger partial charge in [0.05, 0.1) is 6.61 Å². The Bertz CT molecular complexity index is 444. The first-order chi connectivity index (χ1) is 9.60. The highest BCUT2D eigenvalue weighted by Gasteiger charge is 2.28. The normalized spacial score (nSPS) is 20.8. The number of carbonyl (C=O) groups is 1.